The van der Waals surface area contributed by atoms with Crippen LogP contribution < -0.4 is 0 Å². The smallest absolute Gasteiger partial charge is 0.223 e. The molecule has 0 radical (unpaired) electrons. The minimum atomic E-state index is 0.110. The zero-order chi connectivity index (χ0) is 16.3. The maximum Gasteiger partial charge on any atom is 0.223 e. The third kappa shape index (κ3) is 3.77. The molecule has 1 amide bonds. The number of benzene rings is 1. The summed E-state index contributed by atoms with van der Waals surface area (Å²) in [6.07, 6.45) is 5.30. The maximum atomic E-state index is 12.5. The van der Waals surface area contributed by atoms with Crippen LogP contribution in [-0.4, -0.2) is 40.9 Å². The first-order chi connectivity index (χ1) is 11.1. The van der Waals surface area contributed by atoms with Crippen molar-refractivity contribution in [3.8, 4) is 0 Å². The molecule has 2 aliphatic heterocycles. The molecular weight excluding hydrogens is 284 g/mol. The molecule has 0 N–H and O–H groups in total. The van der Waals surface area contributed by atoms with Gasteiger partial charge < -0.3 is 9.80 Å². The van der Waals surface area contributed by atoms with Crippen molar-refractivity contribution in [1.29, 1.82) is 0 Å². The lowest BCUT2D eigenvalue weighted by Crippen LogP contribution is -2.46. The van der Waals surface area contributed by atoms with Crippen LogP contribution in [0.3, 0.4) is 0 Å². The summed E-state index contributed by atoms with van der Waals surface area (Å²) in [6.45, 7) is 8.87. The van der Waals surface area contributed by atoms with Crippen molar-refractivity contribution < 1.29 is 4.79 Å². The lowest BCUT2D eigenvalue weighted by atomic mass is 9.87. The SMILES string of the molecule is CC(C)CN1CCC[C@]2(CCC(=O)N2Cc2ccccc2)CC1. The van der Waals surface area contributed by atoms with E-state index in [0.29, 0.717) is 5.91 Å². The van der Waals surface area contributed by atoms with Crippen LogP contribution in [0.1, 0.15) is 51.5 Å². The van der Waals surface area contributed by atoms with E-state index in [9.17, 15) is 4.79 Å². The molecule has 3 nitrogen and oxygen atoms in total. The van der Waals surface area contributed by atoms with Crippen LogP contribution in [0.5, 0.6) is 0 Å². The van der Waals surface area contributed by atoms with Crippen LogP contribution in [0, 0.1) is 5.92 Å². The largest absolute Gasteiger partial charge is 0.333 e. The first-order valence-electron chi connectivity index (χ1n) is 9.16. The highest BCUT2D eigenvalue weighted by Gasteiger charge is 2.45. The molecule has 0 saturated carbocycles. The number of rotatable bonds is 4. The maximum absolute atomic E-state index is 12.5. The van der Waals surface area contributed by atoms with E-state index in [4.69, 9.17) is 0 Å². The van der Waals surface area contributed by atoms with Crippen LogP contribution in [0.25, 0.3) is 0 Å². The Labute approximate surface area is 140 Å². The Morgan fingerprint density at radius 3 is 2.61 bits per heavy atom. The summed E-state index contributed by atoms with van der Waals surface area (Å²) < 4.78 is 0. The average Bonchev–Trinajstić information content (AvgIpc) is 2.71. The van der Waals surface area contributed by atoms with Crippen LogP contribution in [-0.2, 0) is 11.3 Å². The van der Waals surface area contributed by atoms with Gasteiger partial charge in [0.05, 0.1) is 0 Å². The van der Waals surface area contributed by atoms with E-state index < -0.39 is 0 Å². The van der Waals surface area contributed by atoms with Crippen LogP contribution >= 0.6 is 0 Å². The van der Waals surface area contributed by atoms with E-state index in [0.717, 1.165) is 38.3 Å². The predicted octanol–water partition coefficient (Wildman–Crippen LogP) is 3.69. The van der Waals surface area contributed by atoms with Gasteiger partial charge in [0.15, 0.2) is 0 Å². The highest BCUT2D eigenvalue weighted by atomic mass is 16.2. The van der Waals surface area contributed by atoms with Crippen molar-refractivity contribution in [3.05, 3.63) is 35.9 Å². The molecule has 0 aromatic heterocycles. The minimum Gasteiger partial charge on any atom is -0.333 e. The molecule has 126 valence electrons. The topological polar surface area (TPSA) is 23.6 Å². The number of nitrogens with zero attached hydrogens (tertiary/aromatic N) is 2. The van der Waals surface area contributed by atoms with Gasteiger partial charge in [-0.15, -0.1) is 0 Å². The average molecular weight is 314 g/mol. The lowest BCUT2D eigenvalue weighted by Gasteiger charge is -2.38. The Morgan fingerprint density at radius 1 is 1.09 bits per heavy atom. The molecule has 2 aliphatic rings. The van der Waals surface area contributed by atoms with Crippen molar-refractivity contribution >= 4 is 5.91 Å². The van der Waals surface area contributed by atoms with Crippen molar-refractivity contribution in [3.63, 3.8) is 0 Å². The summed E-state index contributed by atoms with van der Waals surface area (Å²) in [7, 11) is 0. The zero-order valence-corrected chi connectivity index (χ0v) is 14.6. The van der Waals surface area contributed by atoms with E-state index in [1.807, 2.05) is 6.07 Å². The van der Waals surface area contributed by atoms with Gasteiger partial charge in [-0.2, -0.15) is 0 Å². The molecule has 1 aromatic carbocycles. The first kappa shape index (κ1) is 16.5. The molecular formula is C20H30N2O. The van der Waals surface area contributed by atoms with Gasteiger partial charge in [0.2, 0.25) is 5.91 Å². The zero-order valence-electron chi connectivity index (χ0n) is 14.6. The Balaban J connectivity index is 1.72. The first-order valence-corrected chi connectivity index (χ1v) is 9.16. The van der Waals surface area contributed by atoms with Gasteiger partial charge in [-0.1, -0.05) is 44.2 Å². The van der Waals surface area contributed by atoms with Gasteiger partial charge in [-0.25, -0.2) is 0 Å². The minimum absolute atomic E-state index is 0.110. The molecule has 2 saturated heterocycles. The van der Waals surface area contributed by atoms with Crippen molar-refractivity contribution in [1.82, 2.24) is 9.80 Å². The number of carbonyl (C=O) groups excluding carboxylic acids is 1. The Morgan fingerprint density at radius 2 is 1.87 bits per heavy atom. The summed E-state index contributed by atoms with van der Waals surface area (Å²) in [4.78, 5) is 17.3. The van der Waals surface area contributed by atoms with E-state index in [-0.39, 0.29) is 5.54 Å². The van der Waals surface area contributed by atoms with Gasteiger partial charge in [-0.05, 0) is 43.7 Å². The van der Waals surface area contributed by atoms with E-state index in [1.54, 1.807) is 0 Å². The monoisotopic (exact) mass is 314 g/mol. The van der Waals surface area contributed by atoms with E-state index in [1.165, 1.54) is 31.5 Å². The van der Waals surface area contributed by atoms with Crippen molar-refractivity contribution in [2.24, 2.45) is 5.92 Å². The fraction of sp³-hybridized carbons (Fsp3) is 0.650. The molecule has 3 rings (SSSR count). The Hall–Kier alpha value is -1.35. The summed E-state index contributed by atoms with van der Waals surface area (Å²) in [5.74, 6) is 1.07. The van der Waals surface area contributed by atoms with Crippen LogP contribution in [0.4, 0.5) is 0 Å². The van der Waals surface area contributed by atoms with Gasteiger partial charge in [0, 0.05) is 31.6 Å². The molecule has 3 heteroatoms. The highest BCUT2D eigenvalue weighted by Crippen LogP contribution is 2.40. The second-order valence-electron chi connectivity index (χ2n) is 7.74. The predicted molar refractivity (Wildman–Crippen MR) is 94.1 cm³/mol. The molecule has 1 spiro atoms. The molecule has 2 heterocycles. The molecule has 1 aromatic rings. The number of hydrogen-bond donors (Lipinski definition) is 0. The fourth-order valence-electron chi connectivity index (χ4n) is 4.35. The summed E-state index contributed by atoms with van der Waals surface area (Å²) in [6, 6.07) is 10.5. The molecule has 0 unspecified atom stereocenters. The quantitative estimate of drug-likeness (QED) is 0.846. The normalized spacial score (nSPS) is 26.2. The number of hydrogen-bond acceptors (Lipinski definition) is 2. The van der Waals surface area contributed by atoms with E-state index in [2.05, 4.69) is 47.9 Å². The van der Waals surface area contributed by atoms with Gasteiger partial charge in [-0.3, -0.25) is 4.79 Å². The third-order valence-corrected chi connectivity index (χ3v) is 5.49. The second kappa shape index (κ2) is 7.04. The summed E-state index contributed by atoms with van der Waals surface area (Å²) in [5, 5.41) is 0. The van der Waals surface area contributed by atoms with Gasteiger partial charge >= 0.3 is 0 Å². The molecule has 23 heavy (non-hydrogen) atoms. The Bertz CT molecular complexity index is 528. The number of carbonyl (C=O) groups is 1. The number of likely N-dealkylation sites (tertiary alicyclic amines) is 2. The number of amides is 1. The summed E-state index contributed by atoms with van der Waals surface area (Å²) >= 11 is 0. The van der Waals surface area contributed by atoms with E-state index >= 15 is 0 Å². The molecule has 2 fully saturated rings. The highest BCUT2D eigenvalue weighted by molar-refractivity contribution is 5.79. The molecule has 0 bridgehead atoms. The Kier molecular flexibility index (Phi) is 5.05. The van der Waals surface area contributed by atoms with Crippen LogP contribution in [0.2, 0.25) is 0 Å². The second-order valence-corrected chi connectivity index (χ2v) is 7.74. The molecule has 1 atom stereocenters. The lowest BCUT2D eigenvalue weighted by molar-refractivity contribution is -0.132. The fourth-order valence-corrected chi connectivity index (χ4v) is 4.35. The van der Waals surface area contributed by atoms with Crippen molar-refractivity contribution in [2.45, 2.75) is 58.0 Å². The standard InChI is InChI=1S/C20H30N2O/c1-17(2)15-21-13-6-10-20(12-14-21)11-9-19(23)22(20)16-18-7-4-3-5-8-18/h3-5,7-8,17H,6,9-16H2,1-2H3/t20-/m0/s1. The third-order valence-electron chi connectivity index (χ3n) is 5.49. The van der Waals surface area contributed by atoms with Crippen molar-refractivity contribution in [2.75, 3.05) is 19.6 Å². The molecule has 0 aliphatic carbocycles. The van der Waals surface area contributed by atoms with Gasteiger partial charge in [0.1, 0.15) is 0 Å². The van der Waals surface area contributed by atoms with Gasteiger partial charge in [0.25, 0.3) is 0 Å². The van der Waals surface area contributed by atoms with Crippen LogP contribution in [0.15, 0.2) is 30.3 Å². The summed E-state index contributed by atoms with van der Waals surface area (Å²) in [5.41, 5.74) is 1.36.